The summed E-state index contributed by atoms with van der Waals surface area (Å²) < 4.78 is 13.3. The molecule has 1 unspecified atom stereocenters. The number of hydrogen-bond donors (Lipinski definition) is 1. The summed E-state index contributed by atoms with van der Waals surface area (Å²) >= 11 is 7.23. The number of hydrogen-bond acceptors (Lipinski definition) is 5. The monoisotopic (exact) mass is 389 g/mol. The molecule has 1 fully saturated rings. The van der Waals surface area contributed by atoms with Crippen molar-refractivity contribution < 1.29 is 9.31 Å². The molecule has 26 heavy (non-hydrogen) atoms. The number of nitriles is 1. The molecule has 0 aliphatic carbocycles. The normalized spacial score (nSPS) is 25.5. The number of rotatable bonds is 3. The molecule has 0 amide bonds. The van der Waals surface area contributed by atoms with Gasteiger partial charge in [-0.15, -0.1) is 0 Å². The van der Waals surface area contributed by atoms with Crippen LogP contribution < -0.4 is 0 Å². The molecule has 2 aromatic rings. The van der Waals surface area contributed by atoms with E-state index in [1.54, 1.807) is 24.3 Å². The first-order valence-corrected chi connectivity index (χ1v) is 8.98. The maximum atomic E-state index is 13.3. The minimum absolute atomic E-state index is 0.0462. The molecule has 132 valence electrons. The lowest BCUT2D eigenvalue weighted by molar-refractivity contribution is -0.528. The van der Waals surface area contributed by atoms with E-state index < -0.39 is 33.9 Å². The molecule has 0 saturated carbocycles. The van der Waals surface area contributed by atoms with Gasteiger partial charge in [0.05, 0.1) is 17.0 Å². The standard InChI is InChI=1S/C18H13ClFN3O2S/c19-14-4-2-1-3-12(14)15-13(9-21)18(22)26-17(16(15)23(24)25)10-5-7-11(20)8-6-10/h1-8,13,15-17,22H/t13?,15-,16+,17+/m1/s1. The number of nitrogens with zero attached hydrogens (tertiary/aromatic N) is 2. The van der Waals surface area contributed by atoms with E-state index in [9.17, 15) is 19.8 Å². The van der Waals surface area contributed by atoms with E-state index in [0.717, 1.165) is 11.8 Å². The SMILES string of the molecule is N#CC1C(=N)S[C@@H](c2ccc(F)cc2)[C@@H]([N+](=O)[O-])[C@@H]1c1ccccc1Cl. The first-order valence-electron chi connectivity index (χ1n) is 7.72. The molecule has 4 atom stereocenters. The fourth-order valence-electron chi connectivity index (χ4n) is 3.24. The van der Waals surface area contributed by atoms with Gasteiger partial charge >= 0.3 is 0 Å². The van der Waals surface area contributed by atoms with E-state index in [1.165, 1.54) is 24.3 Å². The second kappa shape index (κ2) is 7.44. The number of thioether (sulfide) groups is 1. The summed E-state index contributed by atoms with van der Waals surface area (Å²) in [4.78, 5) is 11.5. The highest BCUT2D eigenvalue weighted by molar-refractivity contribution is 8.14. The van der Waals surface area contributed by atoms with Crippen molar-refractivity contribution in [3.05, 3.63) is 80.6 Å². The maximum absolute atomic E-state index is 13.3. The zero-order valence-electron chi connectivity index (χ0n) is 13.3. The molecule has 2 aromatic carbocycles. The van der Waals surface area contributed by atoms with Crippen LogP contribution in [0.4, 0.5) is 4.39 Å². The molecule has 1 heterocycles. The second-order valence-electron chi connectivity index (χ2n) is 5.88. The number of nitrogens with one attached hydrogen (secondary N) is 1. The Morgan fingerprint density at radius 3 is 2.46 bits per heavy atom. The van der Waals surface area contributed by atoms with E-state index in [4.69, 9.17) is 17.0 Å². The topological polar surface area (TPSA) is 90.8 Å². The first-order chi connectivity index (χ1) is 12.4. The van der Waals surface area contributed by atoms with Gasteiger partial charge in [-0.05, 0) is 29.3 Å². The average molecular weight is 390 g/mol. The zero-order chi connectivity index (χ0) is 18.8. The van der Waals surface area contributed by atoms with Gasteiger partial charge in [0.1, 0.15) is 17.0 Å². The summed E-state index contributed by atoms with van der Waals surface area (Å²) in [6, 6.07) is 12.9. The molecule has 0 radical (unpaired) electrons. The third-order valence-corrected chi connectivity index (χ3v) is 6.08. The quantitative estimate of drug-likeness (QED) is 0.602. The van der Waals surface area contributed by atoms with Crippen LogP contribution in [0.3, 0.4) is 0 Å². The lowest BCUT2D eigenvalue weighted by atomic mass is 9.78. The van der Waals surface area contributed by atoms with Gasteiger partial charge in [-0.3, -0.25) is 15.5 Å². The fourth-order valence-corrected chi connectivity index (χ4v) is 4.82. The molecule has 1 aliphatic heterocycles. The molecule has 3 rings (SSSR count). The molecular weight excluding hydrogens is 377 g/mol. The molecule has 0 bridgehead atoms. The molecule has 5 nitrogen and oxygen atoms in total. The molecule has 1 N–H and O–H groups in total. The lowest BCUT2D eigenvalue weighted by Gasteiger charge is -2.36. The summed E-state index contributed by atoms with van der Waals surface area (Å²) in [6.07, 6.45) is 0. The summed E-state index contributed by atoms with van der Waals surface area (Å²) in [5.41, 5.74) is 1.01. The highest BCUT2D eigenvalue weighted by Gasteiger charge is 2.52. The predicted molar refractivity (Wildman–Crippen MR) is 98.5 cm³/mol. The van der Waals surface area contributed by atoms with Crippen LogP contribution in [-0.2, 0) is 0 Å². The van der Waals surface area contributed by atoms with Gasteiger partial charge in [-0.2, -0.15) is 5.26 Å². The van der Waals surface area contributed by atoms with Crippen LogP contribution in [0.5, 0.6) is 0 Å². The van der Waals surface area contributed by atoms with Crippen molar-refractivity contribution in [1.29, 1.82) is 10.7 Å². The van der Waals surface area contributed by atoms with E-state index in [-0.39, 0.29) is 5.04 Å². The van der Waals surface area contributed by atoms with Gasteiger partial charge in [0.15, 0.2) is 0 Å². The minimum Gasteiger partial charge on any atom is -0.297 e. The number of halogens is 2. The highest BCUT2D eigenvalue weighted by Crippen LogP contribution is 2.51. The van der Waals surface area contributed by atoms with E-state index >= 15 is 0 Å². The van der Waals surface area contributed by atoms with Crippen molar-refractivity contribution in [2.45, 2.75) is 17.2 Å². The number of nitro groups is 1. The predicted octanol–water partition coefficient (Wildman–Crippen LogP) is 4.81. The minimum atomic E-state index is -1.18. The van der Waals surface area contributed by atoms with Crippen molar-refractivity contribution in [2.75, 3.05) is 0 Å². The molecule has 8 heteroatoms. The first kappa shape index (κ1) is 18.4. The average Bonchev–Trinajstić information content (AvgIpc) is 2.61. The van der Waals surface area contributed by atoms with Crippen LogP contribution in [0.15, 0.2) is 48.5 Å². The van der Waals surface area contributed by atoms with Crippen molar-refractivity contribution in [1.82, 2.24) is 0 Å². The summed E-state index contributed by atoms with van der Waals surface area (Å²) in [5.74, 6) is -2.28. The summed E-state index contributed by atoms with van der Waals surface area (Å²) in [5, 5.41) is 29.4. The van der Waals surface area contributed by atoms with Crippen molar-refractivity contribution >= 4 is 28.4 Å². The highest BCUT2D eigenvalue weighted by atomic mass is 35.5. The van der Waals surface area contributed by atoms with E-state index in [1.807, 2.05) is 6.07 Å². The van der Waals surface area contributed by atoms with Gasteiger partial charge in [-0.1, -0.05) is 53.7 Å². The fraction of sp³-hybridized carbons (Fsp3) is 0.222. The Morgan fingerprint density at radius 1 is 1.23 bits per heavy atom. The summed E-state index contributed by atoms with van der Waals surface area (Å²) in [6.45, 7) is 0. The van der Waals surface area contributed by atoms with E-state index in [0.29, 0.717) is 16.1 Å². The third kappa shape index (κ3) is 3.30. The van der Waals surface area contributed by atoms with Crippen LogP contribution in [-0.4, -0.2) is 16.0 Å². The van der Waals surface area contributed by atoms with Crippen LogP contribution >= 0.6 is 23.4 Å². The zero-order valence-corrected chi connectivity index (χ0v) is 14.9. The smallest absolute Gasteiger partial charge is 0.237 e. The Balaban J connectivity index is 2.15. The Hall–Kier alpha value is -2.43. The molecule has 0 aromatic heterocycles. The van der Waals surface area contributed by atoms with Crippen molar-refractivity contribution in [2.24, 2.45) is 5.92 Å². The van der Waals surface area contributed by atoms with Crippen molar-refractivity contribution in [3.63, 3.8) is 0 Å². The van der Waals surface area contributed by atoms with Gasteiger partial charge in [0, 0.05) is 9.95 Å². The third-order valence-electron chi connectivity index (χ3n) is 4.42. The molecule has 1 aliphatic rings. The van der Waals surface area contributed by atoms with Gasteiger partial charge in [-0.25, -0.2) is 4.39 Å². The Kier molecular flexibility index (Phi) is 5.25. The maximum Gasteiger partial charge on any atom is 0.237 e. The largest absolute Gasteiger partial charge is 0.297 e. The molecular formula is C18H13ClFN3O2S. The van der Waals surface area contributed by atoms with Crippen LogP contribution in [0.25, 0.3) is 0 Å². The summed E-state index contributed by atoms with van der Waals surface area (Å²) in [7, 11) is 0. The van der Waals surface area contributed by atoms with Crippen LogP contribution in [0.1, 0.15) is 22.3 Å². The second-order valence-corrected chi connectivity index (χ2v) is 7.47. The van der Waals surface area contributed by atoms with Crippen LogP contribution in [0.2, 0.25) is 5.02 Å². The molecule has 0 spiro atoms. The Morgan fingerprint density at radius 2 is 1.88 bits per heavy atom. The molecule has 1 saturated heterocycles. The number of benzene rings is 2. The van der Waals surface area contributed by atoms with E-state index in [2.05, 4.69) is 0 Å². The Bertz CT molecular complexity index is 900. The van der Waals surface area contributed by atoms with Gasteiger partial charge < -0.3 is 0 Å². The lowest BCUT2D eigenvalue weighted by Crippen LogP contribution is -2.42. The Labute approximate surface area is 158 Å². The van der Waals surface area contributed by atoms with Gasteiger partial charge in [0.2, 0.25) is 6.04 Å². The van der Waals surface area contributed by atoms with Crippen LogP contribution in [0, 0.1) is 38.6 Å². The van der Waals surface area contributed by atoms with Crippen molar-refractivity contribution in [3.8, 4) is 6.07 Å². The van der Waals surface area contributed by atoms with Gasteiger partial charge in [0.25, 0.3) is 0 Å².